The maximum atomic E-state index is 6.01. The molecule has 1 aromatic heterocycles. The van der Waals surface area contributed by atoms with E-state index in [0.29, 0.717) is 6.54 Å². The van der Waals surface area contributed by atoms with Gasteiger partial charge >= 0.3 is 0 Å². The summed E-state index contributed by atoms with van der Waals surface area (Å²) >= 11 is 0. The standard InChI is InChI=1S/C24H31N3O2/c1-17(2)29-24-21(12-9-13-23(24)28-5)14-25-15-22-18(3)26-27(19(22)4)16-20-10-7-6-8-11-20/h6-13,17,25H,14-16H2,1-5H3. The van der Waals surface area contributed by atoms with Crippen LogP contribution in [0.1, 0.15) is 41.9 Å². The summed E-state index contributed by atoms with van der Waals surface area (Å²) in [6.07, 6.45) is 0.0887. The van der Waals surface area contributed by atoms with Crippen molar-refractivity contribution in [2.45, 2.75) is 53.4 Å². The molecule has 5 heteroatoms. The molecular weight excluding hydrogens is 362 g/mol. The zero-order valence-electron chi connectivity index (χ0n) is 18.0. The molecular formula is C24H31N3O2. The van der Waals surface area contributed by atoms with Gasteiger partial charge in [-0.1, -0.05) is 42.5 Å². The fraction of sp³-hybridized carbons (Fsp3) is 0.375. The van der Waals surface area contributed by atoms with E-state index < -0.39 is 0 Å². The fourth-order valence-corrected chi connectivity index (χ4v) is 3.45. The Morgan fingerprint density at radius 3 is 2.45 bits per heavy atom. The topological polar surface area (TPSA) is 48.3 Å². The minimum Gasteiger partial charge on any atom is -0.493 e. The summed E-state index contributed by atoms with van der Waals surface area (Å²) in [5, 5.41) is 8.30. The molecule has 5 nitrogen and oxygen atoms in total. The Balaban J connectivity index is 1.70. The smallest absolute Gasteiger partial charge is 0.166 e. The highest BCUT2D eigenvalue weighted by Gasteiger charge is 2.14. The maximum absolute atomic E-state index is 6.01. The van der Waals surface area contributed by atoms with Gasteiger partial charge in [0.25, 0.3) is 0 Å². The van der Waals surface area contributed by atoms with Crippen LogP contribution in [0.5, 0.6) is 11.5 Å². The number of para-hydroxylation sites is 1. The summed E-state index contributed by atoms with van der Waals surface area (Å²) in [7, 11) is 1.67. The summed E-state index contributed by atoms with van der Waals surface area (Å²) in [5.41, 5.74) is 5.85. The number of nitrogens with zero attached hydrogens (tertiary/aromatic N) is 2. The van der Waals surface area contributed by atoms with Crippen LogP contribution < -0.4 is 14.8 Å². The number of rotatable bonds is 9. The lowest BCUT2D eigenvalue weighted by Gasteiger charge is -2.17. The fourth-order valence-electron chi connectivity index (χ4n) is 3.45. The molecule has 0 atom stereocenters. The molecule has 0 aliphatic rings. The lowest BCUT2D eigenvalue weighted by atomic mass is 10.1. The van der Waals surface area contributed by atoms with Gasteiger partial charge in [0.2, 0.25) is 0 Å². The van der Waals surface area contributed by atoms with E-state index in [1.165, 1.54) is 16.8 Å². The third-order valence-electron chi connectivity index (χ3n) is 4.96. The lowest BCUT2D eigenvalue weighted by molar-refractivity contribution is 0.227. The van der Waals surface area contributed by atoms with Gasteiger partial charge in [0.1, 0.15) is 0 Å². The highest BCUT2D eigenvalue weighted by atomic mass is 16.5. The summed E-state index contributed by atoms with van der Waals surface area (Å²) in [6.45, 7) is 10.5. The van der Waals surface area contributed by atoms with Crippen LogP contribution in [-0.2, 0) is 19.6 Å². The van der Waals surface area contributed by atoms with E-state index in [1.807, 2.05) is 32.0 Å². The first-order valence-corrected chi connectivity index (χ1v) is 10.1. The molecule has 29 heavy (non-hydrogen) atoms. The van der Waals surface area contributed by atoms with Gasteiger partial charge in [0.05, 0.1) is 25.5 Å². The van der Waals surface area contributed by atoms with Crippen molar-refractivity contribution in [1.82, 2.24) is 15.1 Å². The predicted molar refractivity (Wildman–Crippen MR) is 117 cm³/mol. The van der Waals surface area contributed by atoms with Gasteiger partial charge in [-0.3, -0.25) is 4.68 Å². The van der Waals surface area contributed by atoms with Crippen LogP contribution >= 0.6 is 0 Å². The van der Waals surface area contributed by atoms with E-state index >= 15 is 0 Å². The number of methoxy groups -OCH3 is 1. The van der Waals surface area contributed by atoms with E-state index in [2.05, 4.69) is 54.2 Å². The largest absolute Gasteiger partial charge is 0.493 e. The van der Waals surface area contributed by atoms with Crippen molar-refractivity contribution in [2.24, 2.45) is 0 Å². The Hall–Kier alpha value is -2.79. The Kier molecular flexibility index (Phi) is 6.94. The first-order chi connectivity index (χ1) is 14.0. The first kappa shape index (κ1) is 20.9. The molecule has 0 aliphatic carbocycles. The van der Waals surface area contributed by atoms with E-state index in [1.54, 1.807) is 7.11 Å². The minimum absolute atomic E-state index is 0.0887. The van der Waals surface area contributed by atoms with E-state index in [9.17, 15) is 0 Å². The molecule has 0 radical (unpaired) electrons. The third-order valence-corrected chi connectivity index (χ3v) is 4.96. The molecule has 1 heterocycles. The van der Waals surface area contributed by atoms with Gasteiger partial charge in [-0.05, 0) is 39.3 Å². The van der Waals surface area contributed by atoms with Crippen molar-refractivity contribution in [3.05, 3.63) is 76.6 Å². The van der Waals surface area contributed by atoms with Crippen LogP contribution in [0.4, 0.5) is 0 Å². The van der Waals surface area contributed by atoms with Gasteiger partial charge in [0.15, 0.2) is 11.5 Å². The normalized spacial score (nSPS) is 11.1. The van der Waals surface area contributed by atoms with Crippen LogP contribution in [0, 0.1) is 13.8 Å². The van der Waals surface area contributed by atoms with Crippen molar-refractivity contribution in [3.63, 3.8) is 0 Å². The average Bonchev–Trinajstić information content (AvgIpc) is 2.96. The highest BCUT2D eigenvalue weighted by molar-refractivity contribution is 5.46. The molecule has 1 N–H and O–H groups in total. The van der Waals surface area contributed by atoms with Gasteiger partial charge in [-0.25, -0.2) is 0 Å². The van der Waals surface area contributed by atoms with Gasteiger partial charge in [-0.2, -0.15) is 5.10 Å². The monoisotopic (exact) mass is 393 g/mol. The minimum atomic E-state index is 0.0887. The van der Waals surface area contributed by atoms with Gasteiger partial charge < -0.3 is 14.8 Å². The number of aromatic nitrogens is 2. The van der Waals surface area contributed by atoms with Crippen LogP contribution in [0.2, 0.25) is 0 Å². The molecule has 154 valence electrons. The molecule has 3 aromatic rings. The second-order valence-corrected chi connectivity index (χ2v) is 7.51. The molecule has 2 aromatic carbocycles. The Morgan fingerprint density at radius 2 is 1.76 bits per heavy atom. The quantitative estimate of drug-likeness (QED) is 0.576. The number of aryl methyl sites for hydroxylation is 1. The molecule has 0 bridgehead atoms. The highest BCUT2D eigenvalue weighted by Crippen LogP contribution is 2.32. The van der Waals surface area contributed by atoms with Crippen molar-refractivity contribution < 1.29 is 9.47 Å². The summed E-state index contributed by atoms with van der Waals surface area (Å²) < 4.78 is 13.6. The third kappa shape index (κ3) is 5.18. The van der Waals surface area contributed by atoms with Crippen molar-refractivity contribution in [3.8, 4) is 11.5 Å². The second kappa shape index (κ2) is 9.61. The molecule has 3 rings (SSSR count). The molecule has 0 aliphatic heterocycles. The molecule has 0 unspecified atom stereocenters. The second-order valence-electron chi connectivity index (χ2n) is 7.51. The number of ether oxygens (including phenoxy) is 2. The van der Waals surface area contributed by atoms with Gasteiger partial charge in [-0.15, -0.1) is 0 Å². The number of hydrogen-bond acceptors (Lipinski definition) is 4. The molecule has 0 saturated carbocycles. The van der Waals surface area contributed by atoms with E-state index in [0.717, 1.165) is 35.8 Å². The molecule has 0 saturated heterocycles. The lowest BCUT2D eigenvalue weighted by Crippen LogP contribution is -2.16. The SMILES string of the molecule is COc1cccc(CNCc2c(C)nn(Cc3ccccc3)c2C)c1OC(C)C. The van der Waals surface area contributed by atoms with Crippen molar-refractivity contribution in [2.75, 3.05) is 7.11 Å². The number of hydrogen-bond donors (Lipinski definition) is 1. The Morgan fingerprint density at radius 1 is 1.00 bits per heavy atom. The predicted octanol–water partition coefficient (Wildman–Crippen LogP) is 4.63. The van der Waals surface area contributed by atoms with Crippen LogP contribution in [0.25, 0.3) is 0 Å². The van der Waals surface area contributed by atoms with Crippen LogP contribution in [0.15, 0.2) is 48.5 Å². The molecule has 0 spiro atoms. The average molecular weight is 394 g/mol. The summed E-state index contributed by atoms with van der Waals surface area (Å²) in [4.78, 5) is 0. The van der Waals surface area contributed by atoms with Crippen molar-refractivity contribution >= 4 is 0 Å². The first-order valence-electron chi connectivity index (χ1n) is 10.1. The number of nitrogens with one attached hydrogen (secondary N) is 1. The maximum Gasteiger partial charge on any atom is 0.166 e. The molecule has 0 amide bonds. The van der Waals surface area contributed by atoms with Crippen LogP contribution in [0.3, 0.4) is 0 Å². The molecule has 0 fully saturated rings. The summed E-state index contributed by atoms with van der Waals surface area (Å²) in [5.74, 6) is 1.58. The summed E-state index contributed by atoms with van der Waals surface area (Å²) in [6, 6.07) is 16.4. The van der Waals surface area contributed by atoms with E-state index in [4.69, 9.17) is 14.6 Å². The van der Waals surface area contributed by atoms with E-state index in [-0.39, 0.29) is 6.10 Å². The number of benzene rings is 2. The Labute approximate surface area is 173 Å². The Bertz CT molecular complexity index is 933. The van der Waals surface area contributed by atoms with Crippen molar-refractivity contribution in [1.29, 1.82) is 0 Å². The van der Waals surface area contributed by atoms with Crippen LogP contribution in [-0.4, -0.2) is 23.0 Å². The zero-order chi connectivity index (χ0) is 20.8. The van der Waals surface area contributed by atoms with Gasteiger partial charge in [0, 0.05) is 29.9 Å². The zero-order valence-corrected chi connectivity index (χ0v) is 18.0.